The maximum Gasteiger partial charge on any atom is 0.338 e. The van der Waals surface area contributed by atoms with Crippen LogP contribution in [0, 0.1) is 28.9 Å². The van der Waals surface area contributed by atoms with Crippen molar-refractivity contribution in [3.8, 4) is 6.07 Å². The van der Waals surface area contributed by atoms with Crippen molar-refractivity contribution in [3.05, 3.63) is 47.5 Å². The summed E-state index contributed by atoms with van der Waals surface area (Å²) in [5.74, 6) is -2.05. The SMILES string of the molecule is N#CC=CCCC1CCC(OC(=O)c2ccc(F)c(F)c2)CC1. The van der Waals surface area contributed by atoms with Crippen LogP contribution in [0.4, 0.5) is 8.78 Å². The van der Waals surface area contributed by atoms with Gasteiger partial charge in [0.05, 0.1) is 11.6 Å². The topological polar surface area (TPSA) is 50.1 Å². The molecule has 0 atom stereocenters. The average molecular weight is 319 g/mol. The molecule has 0 spiro atoms. The summed E-state index contributed by atoms with van der Waals surface area (Å²) >= 11 is 0. The smallest absolute Gasteiger partial charge is 0.338 e. The van der Waals surface area contributed by atoms with Gasteiger partial charge < -0.3 is 4.74 Å². The van der Waals surface area contributed by atoms with E-state index in [2.05, 4.69) is 0 Å². The van der Waals surface area contributed by atoms with E-state index < -0.39 is 17.6 Å². The van der Waals surface area contributed by atoms with Crippen LogP contribution in [-0.4, -0.2) is 12.1 Å². The molecule has 0 aliphatic heterocycles. The van der Waals surface area contributed by atoms with Gasteiger partial charge in [0.2, 0.25) is 0 Å². The lowest BCUT2D eigenvalue weighted by molar-refractivity contribution is 0.0162. The Labute approximate surface area is 134 Å². The third kappa shape index (κ3) is 5.17. The normalized spacial score (nSPS) is 21.1. The number of hydrogen-bond donors (Lipinski definition) is 0. The van der Waals surface area contributed by atoms with Crippen LogP contribution >= 0.6 is 0 Å². The van der Waals surface area contributed by atoms with Crippen LogP contribution in [0.15, 0.2) is 30.4 Å². The number of hydrogen-bond acceptors (Lipinski definition) is 3. The lowest BCUT2D eigenvalue weighted by Gasteiger charge is -2.28. The van der Waals surface area contributed by atoms with Crippen molar-refractivity contribution >= 4 is 5.97 Å². The summed E-state index contributed by atoms with van der Waals surface area (Å²) in [6.07, 6.45) is 8.61. The number of ether oxygens (including phenoxy) is 1. The Hall–Kier alpha value is -2.22. The maximum atomic E-state index is 13.1. The van der Waals surface area contributed by atoms with E-state index in [0.29, 0.717) is 5.92 Å². The van der Waals surface area contributed by atoms with Gasteiger partial charge in [-0.15, -0.1) is 0 Å². The molecule has 1 aliphatic rings. The lowest BCUT2D eigenvalue weighted by Crippen LogP contribution is -2.24. The summed E-state index contributed by atoms with van der Waals surface area (Å²) in [7, 11) is 0. The number of allylic oxidation sites excluding steroid dienone is 2. The molecule has 23 heavy (non-hydrogen) atoms. The maximum absolute atomic E-state index is 13.1. The van der Waals surface area contributed by atoms with E-state index in [-0.39, 0.29) is 11.7 Å². The molecule has 0 aromatic heterocycles. The Morgan fingerprint density at radius 3 is 2.65 bits per heavy atom. The quantitative estimate of drug-likeness (QED) is 0.591. The number of halogens is 2. The van der Waals surface area contributed by atoms with E-state index in [0.717, 1.165) is 50.7 Å². The zero-order valence-corrected chi connectivity index (χ0v) is 12.8. The van der Waals surface area contributed by atoms with E-state index in [1.54, 1.807) is 0 Å². The van der Waals surface area contributed by atoms with Crippen LogP contribution in [0.3, 0.4) is 0 Å². The average Bonchev–Trinajstić information content (AvgIpc) is 2.55. The van der Waals surface area contributed by atoms with Gasteiger partial charge >= 0.3 is 5.97 Å². The molecule has 0 unspecified atom stereocenters. The van der Waals surface area contributed by atoms with Gasteiger partial charge in [0.25, 0.3) is 0 Å². The second-order valence-corrected chi connectivity index (χ2v) is 5.79. The van der Waals surface area contributed by atoms with Gasteiger partial charge in [-0.3, -0.25) is 0 Å². The standard InChI is InChI=1S/C18H19F2NO2/c19-16-10-7-14(12-17(16)20)18(22)23-15-8-5-13(6-9-15)4-2-1-3-11-21/h1,3,7,10,12-13,15H,2,4-6,8-9H2. The Morgan fingerprint density at radius 2 is 2.00 bits per heavy atom. The number of carbonyl (C=O) groups excluding carboxylic acids is 1. The lowest BCUT2D eigenvalue weighted by atomic mass is 9.84. The molecule has 0 bridgehead atoms. The first-order chi connectivity index (χ1) is 11.1. The van der Waals surface area contributed by atoms with Crippen molar-refractivity contribution in [2.45, 2.75) is 44.6 Å². The highest BCUT2D eigenvalue weighted by molar-refractivity contribution is 5.89. The fourth-order valence-electron chi connectivity index (χ4n) is 2.85. The van der Waals surface area contributed by atoms with Crippen LogP contribution in [0.25, 0.3) is 0 Å². The summed E-state index contributed by atoms with van der Waals surface area (Å²) in [6, 6.07) is 4.99. The van der Waals surface area contributed by atoms with Crippen LogP contribution in [-0.2, 0) is 4.74 Å². The summed E-state index contributed by atoms with van der Waals surface area (Å²) in [4.78, 5) is 12.0. The molecule has 3 nitrogen and oxygen atoms in total. The number of esters is 1. The zero-order valence-electron chi connectivity index (χ0n) is 12.8. The van der Waals surface area contributed by atoms with Crippen LogP contribution < -0.4 is 0 Å². The second-order valence-electron chi connectivity index (χ2n) is 5.79. The molecule has 5 heteroatoms. The summed E-state index contributed by atoms with van der Waals surface area (Å²) in [5.41, 5.74) is 0.0349. The molecule has 1 aromatic rings. The molecular weight excluding hydrogens is 300 g/mol. The molecule has 122 valence electrons. The van der Waals surface area contributed by atoms with Gasteiger partial charge in [-0.25, -0.2) is 13.6 Å². The van der Waals surface area contributed by atoms with Gasteiger partial charge in [0.15, 0.2) is 11.6 Å². The third-order valence-electron chi connectivity index (χ3n) is 4.16. The number of carbonyl (C=O) groups is 1. The number of nitriles is 1. The number of benzene rings is 1. The predicted molar refractivity (Wildman–Crippen MR) is 81.5 cm³/mol. The Balaban J connectivity index is 1.77. The minimum absolute atomic E-state index is 0.0349. The van der Waals surface area contributed by atoms with Crippen LogP contribution in [0.1, 0.15) is 48.9 Å². The van der Waals surface area contributed by atoms with Crippen molar-refractivity contribution < 1.29 is 18.3 Å². The highest BCUT2D eigenvalue weighted by Gasteiger charge is 2.24. The van der Waals surface area contributed by atoms with Gasteiger partial charge in [0, 0.05) is 6.08 Å². The van der Waals surface area contributed by atoms with Crippen molar-refractivity contribution in [2.24, 2.45) is 5.92 Å². The van der Waals surface area contributed by atoms with Gasteiger partial charge in [-0.05, 0) is 62.6 Å². The molecule has 1 fully saturated rings. The molecule has 0 N–H and O–H groups in total. The Bertz CT molecular complexity index is 614. The Morgan fingerprint density at radius 1 is 1.26 bits per heavy atom. The minimum atomic E-state index is -1.05. The van der Waals surface area contributed by atoms with E-state index >= 15 is 0 Å². The van der Waals surface area contributed by atoms with E-state index in [4.69, 9.17) is 10.00 Å². The monoisotopic (exact) mass is 319 g/mol. The van der Waals surface area contributed by atoms with Crippen molar-refractivity contribution in [2.75, 3.05) is 0 Å². The highest BCUT2D eigenvalue weighted by Crippen LogP contribution is 2.30. The van der Waals surface area contributed by atoms with Crippen molar-refractivity contribution in [3.63, 3.8) is 0 Å². The molecule has 0 amide bonds. The van der Waals surface area contributed by atoms with Gasteiger partial charge in [-0.2, -0.15) is 5.26 Å². The fraction of sp³-hybridized carbons (Fsp3) is 0.444. The Kier molecular flexibility index (Phi) is 6.28. The minimum Gasteiger partial charge on any atom is -0.459 e. The van der Waals surface area contributed by atoms with E-state index in [1.807, 2.05) is 12.1 Å². The molecule has 1 aliphatic carbocycles. The van der Waals surface area contributed by atoms with Gasteiger partial charge in [-0.1, -0.05) is 6.08 Å². The number of nitrogens with zero attached hydrogens (tertiary/aromatic N) is 1. The largest absolute Gasteiger partial charge is 0.459 e. The van der Waals surface area contributed by atoms with Crippen LogP contribution in [0.5, 0.6) is 0 Å². The highest BCUT2D eigenvalue weighted by atomic mass is 19.2. The molecule has 2 rings (SSSR count). The predicted octanol–water partition coefficient (Wildman–Crippen LogP) is 4.54. The molecule has 0 heterocycles. The molecular formula is C18H19F2NO2. The summed E-state index contributed by atoms with van der Waals surface area (Å²) in [6.45, 7) is 0. The first-order valence-corrected chi connectivity index (χ1v) is 7.81. The molecule has 1 saturated carbocycles. The first-order valence-electron chi connectivity index (χ1n) is 7.81. The van der Waals surface area contributed by atoms with Gasteiger partial charge in [0.1, 0.15) is 6.10 Å². The van der Waals surface area contributed by atoms with Crippen LogP contribution in [0.2, 0.25) is 0 Å². The number of rotatable bonds is 5. The van der Waals surface area contributed by atoms with E-state index in [9.17, 15) is 13.6 Å². The van der Waals surface area contributed by atoms with Crippen molar-refractivity contribution in [1.29, 1.82) is 5.26 Å². The van der Waals surface area contributed by atoms with E-state index in [1.165, 1.54) is 12.1 Å². The molecule has 1 aromatic carbocycles. The summed E-state index contributed by atoms with van der Waals surface area (Å²) < 4.78 is 31.4. The second kappa shape index (κ2) is 8.42. The zero-order chi connectivity index (χ0) is 16.7. The molecule has 0 saturated heterocycles. The van der Waals surface area contributed by atoms with Crippen molar-refractivity contribution in [1.82, 2.24) is 0 Å². The fourth-order valence-corrected chi connectivity index (χ4v) is 2.85. The summed E-state index contributed by atoms with van der Waals surface area (Å²) in [5, 5.41) is 8.42. The third-order valence-corrected chi connectivity index (χ3v) is 4.16. The molecule has 0 radical (unpaired) electrons. The first kappa shape index (κ1) is 17.1.